The summed E-state index contributed by atoms with van der Waals surface area (Å²) in [6.07, 6.45) is 3.74. The molecule has 1 N–H and O–H groups in total. The highest BCUT2D eigenvalue weighted by Crippen LogP contribution is 2.21. The van der Waals surface area contributed by atoms with Crippen LogP contribution in [0.1, 0.15) is 29.0 Å². The van der Waals surface area contributed by atoms with Crippen molar-refractivity contribution in [3.8, 4) is 0 Å². The van der Waals surface area contributed by atoms with Crippen LogP contribution in [-0.2, 0) is 0 Å². The van der Waals surface area contributed by atoms with Crippen LogP contribution in [-0.4, -0.2) is 25.2 Å². The molecule has 1 aliphatic heterocycles. The molecule has 2 aromatic rings. The summed E-state index contributed by atoms with van der Waals surface area (Å²) in [6, 6.07) is 9.42. The van der Waals surface area contributed by atoms with Gasteiger partial charge in [0.15, 0.2) is 5.88 Å². The van der Waals surface area contributed by atoms with E-state index in [2.05, 4.69) is 15.4 Å². The second-order valence-corrected chi connectivity index (χ2v) is 5.05. The average Bonchev–Trinajstić information content (AvgIpc) is 3.18. The Labute approximate surface area is 127 Å². The first-order valence-corrected chi connectivity index (χ1v) is 7.17. The van der Waals surface area contributed by atoms with E-state index in [1.54, 1.807) is 12.1 Å². The number of halogens is 1. The summed E-state index contributed by atoms with van der Waals surface area (Å²) in [5.41, 5.74) is 2.24. The van der Waals surface area contributed by atoms with Crippen LogP contribution in [0.3, 0.4) is 0 Å². The third kappa shape index (κ3) is 3.16. The summed E-state index contributed by atoms with van der Waals surface area (Å²) in [5, 5.41) is 3.80. The smallest absolute Gasteiger partial charge is 0.274 e. The Morgan fingerprint density at radius 2 is 2.00 bits per heavy atom. The van der Waals surface area contributed by atoms with Gasteiger partial charge in [-0.15, -0.1) is 0 Å². The minimum atomic E-state index is -0.597. The van der Waals surface area contributed by atoms with Crippen LogP contribution in [0.4, 0.5) is 10.3 Å². The number of furan rings is 1. The highest BCUT2D eigenvalue weighted by atomic mass is 19.1. The molecule has 0 aliphatic carbocycles. The monoisotopic (exact) mass is 301 g/mol. The molecule has 5 nitrogen and oxygen atoms in total. The van der Waals surface area contributed by atoms with Crippen LogP contribution in [0.25, 0.3) is 0 Å². The van der Waals surface area contributed by atoms with Gasteiger partial charge in [0, 0.05) is 19.2 Å². The summed E-state index contributed by atoms with van der Waals surface area (Å²) >= 11 is 0. The molecule has 2 heterocycles. The number of nitrogens with one attached hydrogen (secondary N) is 1. The SMILES string of the molecule is O=C(N/N=C\c1ccc(N2CCCC2)o1)c1ccccc1F. The van der Waals surface area contributed by atoms with E-state index in [1.807, 2.05) is 6.07 Å². The summed E-state index contributed by atoms with van der Waals surface area (Å²) in [4.78, 5) is 13.9. The van der Waals surface area contributed by atoms with Gasteiger partial charge in [-0.1, -0.05) is 12.1 Å². The van der Waals surface area contributed by atoms with E-state index in [0.717, 1.165) is 19.0 Å². The fourth-order valence-corrected chi connectivity index (χ4v) is 2.38. The molecule has 0 bridgehead atoms. The van der Waals surface area contributed by atoms with Crippen LogP contribution in [0.2, 0.25) is 0 Å². The van der Waals surface area contributed by atoms with Crippen LogP contribution in [0.5, 0.6) is 0 Å². The van der Waals surface area contributed by atoms with Gasteiger partial charge in [0.1, 0.15) is 11.6 Å². The van der Waals surface area contributed by atoms with E-state index in [1.165, 1.54) is 37.3 Å². The first kappa shape index (κ1) is 14.3. The van der Waals surface area contributed by atoms with Crippen molar-refractivity contribution in [2.24, 2.45) is 5.10 Å². The normalized spacial score (nSPS) is 14.7. The zero-order valence-corrected chi connectivity index (χ0v) is 12.0. The van der Waals surface area contributed by atoms with Gasteiger partial charge in [-0.05, 0) is 31.0 Å². The molecule has 0 atom stereocenters. The molecule has 1 saturated heterocycles. The Balaban J connectivity index is 1.60. The van der Waals surface area contributed by atoms with Gasteiger partial charge in [0.25, 0.3) is 5.91 Å². The van der Waals surface area contributed by atoms with E-state index < -0.39 is 11.7 Å². The molecule has 0 saturated carbocycles. The molecule has 0 radical (unpaired) electrons. The summed E-state index contributed by atoms with van der Waals surface area (Å²) in [5.74, 6) is 0.167. The minimum absolute atomic E-state index is 0.0446. The number of benzene rings is 1. The van der Waals surface area contributed by atoms with E-state index in [-0.39, 0.29) is 5.56 Å². The van der Waals surface area contributed by atoms with Crippen LogP contribution >= 0.6 is 0 Å². The zero-order valence-electron chi connectivity index (χ0n) is 12.0. The lowest BCUT2D eigenvalue weighted by molar-refractivity contribution is 0.0951. The maximum atomic E-state index is 13.4. The maximum absolute atomic E-state index is 13.4. The van der Waals surface area contributed by atoms with Gasteiger partial charge >= 0.3 is 0 Å². The van der Waals surface area contributed by atoms with Crippen molar-refractivity contribution >= 4 is 18.0 Å². The van der Waals surface area contributed by atoms with Gasteiger partial charge in [-0.3, -0.25) is 4.79 Å². The Bertz CT molecular complexity index is 690. The van der Waals surface area contributed by atoms with E-state index >= 15 is 0 Å². The highest BCUT2D eigenvalue weighted by Gasteiger charge is 2.15. The van der Waals surface area contributed by atoms with Gasteiger partial charge < -0.3 is 9.32 Å². The Morgan fingerprint density at radius 3 is 2.77 bits per heavy atom. The molecule has 6 heteroatoms. The Kier molecular flexibility index (Phi) is 4.18. The molecule has 22 heavy (non-hydrogen) atoms. The predicted octanol–water partition coefficient (Wildman–Crippen LogP) is 2.78. The quantitative estimate of drug-likeness (QED) is 0.698. The average molecular weight is 301 g/mol. The molecule has 1 amide bonds. The molecule has 1 aromatic carbocycles. The molecular formula is C16H16FN3O2. The number of carbonyl (C=O) groups is 1. The molecule has 1 fully saturated rings. The van der Waals surface area contributed by atoms with Crippen LogP contribution in [0, 0.1) is 5.82 Å². The standard InChI is InChI=1S/C16H16FN3O2/c17-14-6-2-1-5-13(14)16(21)19-18-11-12-7-8-15(22-12)20-9-3-4-10-20/h1-2,5-8,11H,3-4,9-10H2,(H,19,21)/b18-11-. The molecule has 1 aliphatic rings. The molecule has 1 aromatic heterocycles. The van der Waals surface area contributed by atoms with Gasteiger partial charge in [0.2, 0.25) is 0 Å². The van der Waals surface area contributed by atoms with Crippen molar-refractivity contribution in [1.82, 2.24) is 5.43 Å². The zero-order chi connectivity index (χ0) is 15.4. The third-order valence-electron chi connectivity index (χ3n) is 3.51. The van der Waals surface area contributed by atoms with Crippen LogP contribution in [0.15, 0.2) is 45.9 Å². The van der Waals surface area contributed by atoms with Gasteiger partial charge in [-0.2, -0.15) is 5.10 Å². The fourth-order valence-electron chi connectivity index (χ4n) is 2.38. The Hall–Kier alpha value is -2.63. The van der Waals surface area contributed by atoms with Gasteiger partial charge in [-0.25, -0.2) is 9.82 Å². The predicted molar refractivity (Wildman–Crippen MR) is 81.6 cm³/mol. The highest BCUT2D eigenvalue weighted by molar-refractivity contribution is 5.94. The first-order valence-electron chi connectivity index (χ1n) is 7.17. The number of anilines is 1. The lowest BCUT2D eigenvalue weighted by Crippen LogP contribution is -2.18. The third-order valence-corrected chi connectivity index (χ3v) is 3.51. The summed E-state index contributed by atoms with van der Waals surface area (Å²) < 4.78 is 19.1. The molecular weight excluding hydrogens is 285 g/mol. The van der Waals surface area contributed by atoms with Crippen molar-refractivity contribution in [3.63, 3.8) is 0 Å². The summed E-state index contributed by atoms with van der Waals surface area (Å²) in [7, 11) is 0. The van der Waals surface area contributed by atoms with E-state index in [9.17, 15) is 9.18 Å². The first-order chi connectivity index (χ1) is 10.7. The number of hydrogen-bond donors (Lipinski definition) is 1. The van der Waals surface area contributed by atoms with Crippen molar-refractivity contribution in [3.05, 3.63) is 53.5 Å². The van der Waals surface area contributed by atoms with Crippen molar-refractivity contribution in [1.29, 1.82) is 0 Å². The number of nitrogens with zero attached hydrogens (tertiary/aromatic N) is 2. The number of carbonyl (C=O) groups excluding carboxylic acids is 1. The molecule has 0 spiro atoms. The van der Waals surface area contributed by atoms with Crippen molar-refractivity contribution in [2.45, 2.75) is 12.8 Å². The number of hydrogen-bond acceptors (Lipinski definition) is 4. The fraction of sp³-hybridized carbons (Fsp3) is 0.250. The largest absolute Gasteiger partial charge is 0.440 e. The number of amides is 1. The van der Waals surface area contributed by atoms with E-state index in [4.69, 9.17) is 4.42 Å². The van der Waals surface area contributed by atoms with E-state index in [0.29, 0.717) is 5.76 Å². The Morgan fingerprint density at radius 1 is 1.23 bits per heavy atom. The van der Waals surface area contributed by atoms with Crippen LogP contribution < -0.4 is 10.3 Å². The number of rotatable bonds is 4. The molecule has 0 unspecified atom stereocenters. The second-order valence-electron chi connectivity index (χ2n) is 5.05. The topological polar surface area (TPSA) is 57.8 Å². The van der Waals surface area contributed by atoms with Crippen molar-refractivity contribution in [2.75, 3.05) is 18.0 Å². The minimum Gasteiger partial charge on any atom is -0.440 e. The second kappa shape index (κ2) is 6.43. The number of hydrazone groups is 1. The van der Waals surface area contributed by atoms with Crippen molar-refractivity contribution < 1.29 is 13.6 Å². The lowest BCUT2D eigenvalue weighted by Gasteiger charge is -2.12. The maximum Gasteiger partial charge on any atom is 0.274 e. The summed E-state index contributed by atoms with van der Waals surface area (Å²) in [6.45, 7) is 1.99. The molecule has 114 valence electrons. The molecule has 3 rings (SSSR count). The van der Waals surface area contributed by atoms with Gasteiger partial charge in [0.05, 0.1) is 11.8 Å². The lowest BCUT2D eigenvalue weighted by atomic mass is 10.2.